The number of Topliss-reactive ketones (excluding diaryl/α,β-unsaturated/α-hetero) is 1. The van der Waals surface area contributed by atoms with Crippen molar-refractivity contribution in [3.8, 4) is 12.1 Å². The summed E-state index contributed by atoms with van der Waals surface area (Å²) in [5.41, 5.74) is 0.813. The minimum absolute atomic E-state index is 0.0173. The van der Waals surface area contributed by atoms with Gasteiger partial charge >= 0.3 is 0 Å². The maximum Gasteiger partial charge on any atom is 0.279 e. The predicted octanol–water partition coefficient (Wildman–Crippen LogP) is 2.60. The van der Waals surface area contributed by atoms with Gasteiger partial charge in [0.15, 0.2) is 18.0 Å². The lowest BCUT2D eigenvalue weighted by molar-refractivity contribution is -0.577. The Morgan fingerprint density at radius 3 is 2.33 bits per heavy atom. The molecule has 0 aliphatic heterocycles. The first-order chi connectivity index (χ1) is 11.6. The van der Waals surface area contributed by atoms with Crippen LogP contribution in [-0.4, -0.2) is 11.7 Å². The minimum Gasteiger partial charge on any atom is -0.282 e. The second-order valence-electron chi connectivity index (χ2n) is 4.93. The first kappa shape index (κ1) is 16.6. The van der Waals surface area contributed by atoms with E-state index in [-0.39, 0.29) is 16.8 Å². The maximum atomic E-state index is 13.0. The molecule has 1 heterocycles. The Kier molecular flexibility index (Phi) is 5.16. The van der Waals surface area contributed by atoms with Gasteiger partial charge in [-0.15, -0.1) is 0 Å². The normalized spacial score (nSPS) is 10.6. The highest BCUT2D eigenvalue weighted by Crippen LogP contribution is 2.17. The number of rotatable bonds is 4. The van der Waals surface area contributed by atoms with Gasteiger partial charge in [-0.1, -0.05) is 30.3 Å². The lowest BCUT2D eigenvalue weighted by atomic mass is 10.00. The number of nitrogens with zero attached hydrogens (tertiary/aromatic N) is 3. The molecule has 0 spiro atoms. The third kappa shape index (κ3) is 3.34. The average Bonchev–Trinajstić information content (AvgIpc) is 2.62. The van der Waals surface area contributed by atoms with E-state index in [1.165, 1.54) is 4.57 Å². The molecular weight excluding hydrogens is 300 g/mol. The molecule has 0 fully saturated rings. The summed E-state index contributed by atoms with van der Waals surface area (Å²) in [4.78, 5) is 13.0. The van der Waals surface area contributed by atoms with Crippen LogP contribution in [0.3, 0.4) is 0 Å². The van der Waals surface area contributed by atoms with Crippen LogP contribution in [0.4, 0.5) is 0 Å². The molecule has 0 atom stereocenters. The van der Waals surface area contributed by atoms with E-state index in [2.05, 4.69) is 0 Å². The Morgan fingerprint density at radius 1 is 1.08 bits per heavy atom. The number of nitriles is 2. The number of benzene rings is 1. The smallest absolute Gasteiger partial charge is 0.279 e. The van der Waals surface area contributed by atoms with Gasteiger partial charge in [0.25, 0.3) is 11.5 Å². The summed E-state index contributed by atoms with van der Waals surface area (Å²) in [6, 6.07) is 15.7. The summed E-state index contributed by atoms with van der Waals surface area (Å²) in [5.74, 6) is 1.52. The van der Waals surface area contributed by atoms with Crippen LogP contribution in [0.15, 0.2) is 66.0 Å². The molecule has 0 unspecified atom stereocenters. The number of ketones is 1. The number of hydrogen-bond donors (Lipinski definition) is 1. The molecule has 1 N–H and O–H groups in total. The van der Waals surface area contributed by atoms with Crippen LogP contribution in [0, 0.1) is 35.0 Å². The van der Waals surface area contributed by atoms with E-state index in [1.54, 1.807) is 54.9 Å². The van der Waals surface area contributed by atoms with Crippen molar-refractivity contribution in [2.24, 2.45) is 0 Å². The Labute approximate surface area is 139 Å². The van der Waals surface area contributed by atoms with Gasteiger partial charge in [0.1, 0.15) is 17.7 Å². The van der Waals surface area contributed by atoms with Gasteiger partial charge in [0.2, 0.25) is 0 Å². The highest BCUT2D eigenvalue weighted by molar-refractivity contribution is 6.23. The quantitative estimate of drug-likeness (QED) is 0.235. The zero-order valence-corrected chi connectivity index (χ0v) is 12.9. The van der Waals surface area contributed by atoms with Gasteiger partial charge in [-0.2, -0.15) is 15.1 Å². The number of carbonyl (C=O) groups excluding carboxylic acids is 1. The molecule has 24 heavy (non-hydrogen) atoms. The Balaban J connectivity index is 2.81. The first-order valence-corrected chi connectivity index (χ1v) is 7.05. The second-order valence-corrected chi connectivity index (χ2v) is 4.93. The van der Waals surface area contributed by atoms with Gasteiger partial charge in [0, 0.05) is 17.2 Å². The van der Waals surface area contributed by atoms with Crippen molar-refractivity contribution in [3.63, 3.8) is 0 Å². The van der Waals surface area contributed by atoms with E-state index in [9.17, 15) is 10.1 Å². The van der Waals surface area contributed by atoms with Crippen molar-refractivity contribution >= 4 is 17.4 Å². The van der Waals surface area contributed by atoms with Gasteiger partial charge in [0.05, 0.1) is 0 Å². The molecule has 2 aromatic rings. The van der Waals surface area contributed by atoms with E-state index in [0.717, 1.165) is 5.56 Å². The first-order valence-electron chi connectivity index (χ1n) is 7.05. The van der Waals surface area contributed by atoms with Crippen molar-refractivity contribution in [2.45, 2.75) is 6.92 Å². The summed E-state index contributed by atoms with van der Waals surface area (Å²) in [6.07, 6.45) is 3.31. The molecule has 0 saturated heterocycles. The van der Waals surface area contributed by atoms with Crippen LogP contribution < -0.4 is 4.57 Å². The topological polar surface area (TPSA) is 92.4 Å². The minimum atomic E-state index is -0.411. The number of aromatic nitrogens is 1. The van der Waals surface area contributed by atoms with Gasteiger partial charge in [-0.25, -0.2) is 0 Å². The number of allylic oxidation sites excluding steroid dienone is 3. The lowest BCUT2D eigenvalue weighted by Crippen LogP contribution is -2.37. The molecule has 0 amide bonds. The summed E-state index contributed by atoms with van der Waals surface area (Å²) < 4.78 is 1.50. The van der Waals surface area contributed by atoms with E-state index in [0.29, 0.717) is 5.56 Å². The van der Waals surface area contributed by atoms with Crippen molar-refractivity contribution < 1.29 is 9.36 Å². The zero-order valence-electron chi connectivity index (χ0n) is 12.9. The summed E-state index contributed by atoms with van der Waals surface area (Å²) >= 11 is 0. The van der Waals surface area contributed by atoms with Crippen molar-refractivity contribution in [1.82, 2.24) is 0 Å². The number of carbonyl (C=O) groups is 1. The molecule has 2 rings (SSSR count). The predicted molar refractivity (Wildman–Crippen MR) is 87.8 cm³/mol. The van der Waals surface area contributed by atoms with E-state index in [4.69, 9.17) is 10.7 Å². The molecule has 0 bridgehead atoms. The number of pyridine rings is 1. The lowest BCUT2D eigenvalue weighted by Gasteiger charge is -2.04. The SMILES string of the molecule is Cc1ccc[n+](/C(C(=O)c2ccccc2)=C(\C#N)C(=C=N)C#N)c1. The highest BCUT2D eigenvalue weighted by Gasteiger charge is 2.29. The van der Waals surface area contributed by atoms with E-state index in [1.807, 2.05) is 24.9 Å². The molecule has 114 valence electrons. The van der Waals surface area contributed by atoms with Gasteiger partial charge in [-0.3, -0.25) is 10.2 Å². The standard InChI is InChI=1S/C19H13N4O/c1-14-6-5-9-23(13-14)18(17(12-22)16(10-20)11-21)19(24)15-7-3-2-4-8-15/h2-9,13,20H,1H3/q+1/b18-17+. The fraction of sp³-hybridized carbons (Fsp3) is 0.0526. The molecule has 0 aliphatic rings. The van der Waals surface area contributed by atoms with Crippen molar-refractivity contribution in [1.29, 1.82) is 15.9 Å². The summed E-state index contributed by atoms with van der Waals surface area (Å²) in [5, 5.41) is 25.9. The molecule has 1 aromatic carbocycles. The van der Waals surface area contributed by atoms with Gasteiger partial charge < -0.3 is 0 Å². The fourth-order valence-corrected chi connectivity index (χ4v) is 2.19. The third-order valence-corrected chi connectivity index (χ3v) is 3.29. The maximum absolute atomic E-state index is 13.0. The van der Waals surface area contributed by atoms with Gasteiger partial charge in [-0.05, 0) is 18.9 Å². The van der Waals surface area contributed by atoms with Crippen LogP contribution in [0.5, 0.6) is 0 Å². The third-order valence-electron chi connectivity index (χ3n) is 3.29. The van der Waals surface area contributed by atoms with Crippen LogP contribution in [-0.2, 0) is 0 Å². The Morgan fingerprint density at radius 2 is 1.79 bits per heavy atom. The van der Waals surface area contributed by atoms with Crippen LogP contribution >= 0.6 is 0 Å². The summed E-state index contributed by atoms with van der Waals surface area (Å²) in [7, 11) is 0. The van der Waals surface area contributed by atoms with Crippen molar-refractivity contribution in [2.75, 3.05) is 0 Å². The molecule has 1 aromatic heterocycles. The molecule has 0 radical (unpaired) electrons. The number of hydrogen-bond acceptors (Lipinski definition) is 4. The van der Waals surface area contributed by atoms with Crippen LogP contribution in [0.25, 0.3) is 5.70 Å². The monoisotopic (exact) mass is 313 g/mol. The average molecular weight is 313 g/mol. The Bertz CT molecular complexity index is 953. The molecule has 0 aliphatic carbocycles. The largest absolute Gasteiger partial charge is 0.282 e. The summed E-state index contributed by atoms with van der Waals surface area (Å²) in [6.45, 7) is 1.85. The molecular formula is C19H13N4O+. The Hall–Kier alpha value is -3.79. The number of aryl methyl sites for hydroxylation is 1. The van der Waals surface area contributed by atoms with E-state index >= 15 is 0 Å². The van der Waals surface area contributed by atoms with Crippen LogP contribution in [0.2, 0.25) is 0 Å². The number of nitrogens with one attached hydrogen (secondary N) is 1. The molecule has 5 nitrogen and oxygen atoms in total. The van der Waals surface area contributed by atoms with Crippen LogP contribution in [0.1, 0.15) is 15.9 Å². The highest BCUT2D eigenvalue weighted by atomic mass is 16.1. The van der Waals surface area contributed by atoms with E-state index < -0.39 is 5.78 Å². The fourth-order valence-electron chi connectivity index (χ4n) is 2.19. The molecule has 0 saturated carbocycles. The molecule has 5 heteroatoms. The zero-order chi connectivity index (χ0) is 17.5. The second kappa shape index (κ2) is 7.47. The van der Waals surface area contributed by atoms with Crippen molar-refractivity contribution in [3.05, 3.63) is 77.1 Å².